The van der Waals surface area contributed by atoms with Gasteiger partial charge in [-0.15, -0.1) is 0 Å². The maximum atomic E-state index is 12.0. The van der Waals surface area contributed by atoms with Gasteiger partial charge in [-0.3, -0.25) is 9.59 Å². The average Bonchev–Trinajstić information content (AvgIpc) is 2.53. The molecule has 2 aromatic rings. The molecular weight excluding hydrogens is 417 g/mol. The van der Waals surface area contributed by atoms with Crippen LogP contribution in [0.2, 0.25) is 10.0 Å². The predicted octanol–water partition coefficient (Wildman–Crippen LogP) is 3.64. The number of nitrogens with zero attached hydrogens (tertiary/aromatic N) is 1. The van der Waals surface area contributed by atoms with Crippen LogP contribution in [0.15, 0.2) is 52.0 Å². The summed E-state index contributed by atoms with van der Waals surface area (Å²) in [6, 6.07) is 11.9. The summed E-state index contributed by atoms with van der Waals surface area (Å²) in [5.41, 5.74) is 3.39. The first-order chi connectivity index (χ1) is 11.5. The topological polar surface area (TPSA) is 70.6 Å². The highest BCUT2D eigenvalue weighted by molar-refractivity contribution is 9.10. The minimum atomic E-state index is -0.470. The van der Waals surface area contributed by atoms with E-state index in [9.17, 15) is 9.59 Å². The summed E-state index contributed by atoms with van der Waals surface area (Å²) in [6.07, 6.45) is 1.50. The van der Waals surface area contributed by atoms with Crippen molar-refractivity contribution in [1.82, 2.24) is 10.7 Å². The summed E-state index contributed by atoms with van der Waals surface area (Å²) in [6.45, 7) is -0.229. The second-order valence-corrected chi connectivity index (χ2v) is 6.41. The van der Waals surface area contributed by atoms with E-state index in [1.165, 1.54) is 18.3 Å². The zero-order valence-corrected chi connectivity index (χ0v) is 15.3. The van der Waals surface area contributed by atoms with E-state index in [4.69, 9.17) is 23.2 Å². The predicted molar refractivity (Wildman–Crippen MR) is 98.7 cm³/mol. The Bertz CT molecular complexity index is 797. The van der Waals surface area contributed by atoms with E-state index in [-0.39, 0.29) is 17.1 Å². The third-order valence-electron chi connectivity index (χ3n) is 2.84. The summed E-state index contributed by atoms with van der Waals surface area (Å²) in [7, 11) is 0. The molecule has 0 radical (unpaired) electrons. The smallest absolute Gasteiger partial charge is 0.259 e. The summed E-state index contributed by atoms with van der Waals surface area (Å²) < 4.78 is 0.907. The first-order valence-corrected chi connectivity index (χ1v) is 8.31. The van der Waals surface area contributed by atoms with E-state index in [0.717, 1.165) is 10.0 Å². The zero-order valence-electron chi connectivity index (χ0n) is 12.2. The summed E-state index contributed by atoms with van der Waals surface area (Å²) >= 11 is 15.0. The van der Waals surface area contributed by atoms with Crippen LogP contribution < -0.4 is 10.7 Å². The molecule has 0 fully saturated rings. The molecule has 2 amide bonds. The Hall–Kier alpha value is -1.89. The molecular formula is C16H12BrCl2N3O2. The lowest BCUT2D eigenvalue weighted by Crippen LogP contribution is -2.35. The van der Waals surface area contributed by atoms with Gasteiger partial charge in [0.15, 0.2) is 0 Å². The Kier molecular flexibility index (Phi) is 6.78. The maximum absolute atomic E-state index is 12.0. The minimum absolute atomic E-state index is 0.216. The second kappa shape index (κ2) is 8.82. The van der Waals surface area contributed by atoms with Gasteiger partial charge in [0.25, 0.3) is 11.8 Å². The fourth-order valence-electron chi connectivity index (χ4n) is 1.73. The summed E-state index contributed by atoms with van der Waals surface area (Å²) in [5.74, 6) is -0.928. The number of hydrogen-bond acceptors (Lipinski definition) is 3. The van der Waals surface area contributed by atoms with Crippen molar-refractivity contribution < 1.29 is 9.59 Å². The van der Waals surface area contributed by atoms with Crippen LogP contribution in [0.1, 0.15) is 15.9 Å². The van der Waals surface area contributed by atoms with Crippen LogP contribution in [0.4, 0.5) is 0 Å². The number of amides is 2. The number of nitrogens with one attached hydrogen (secondary N) is 2. The number of carbonyl (C=O) groups excluding carboxylic acids is 2. The lowest BCUT2D eigenvalue weighted by atomic mass is 10.2. The SMILES string of the molecule is O=C(CNC(=O)c1ccc(Cl)cc1Cl)N/N=C/c1cccc(Br)c1. The van der Waals surface area contributed by atoms with E-state index in [1.807, 2.05) is 24.3 Å². The second-order valence-electron chi connectivity index (χ2n) is 4.66. The van der Waals surface area contributed by atoms with Gasteiger partial charge in [0.2, 0.25) is 0 Å². The molecule has 0 spiro atoms. The van der Waals surface area contributed by atoms with Crippen molar-refractivity contribution in [2.24, 2.45) is 5.10 Å². The van der Waals surface area contributed by atoms with Crippen LogP contribution in [-0.2, 0) is 4.79 Å². The quantitative estimate of drug-likeness (QED) is 0.563. The number of hydrogen-bond donors (Lipinski definition) is 2. The highest BCUT2D eigenvalue weighted by Gasteiger charge is 2.11. The molecule has 0 saturated heterocycles. The molecule has 124 valence electrons. The molecule has 0 atom stereocenters. The molecule has 5 nitrogen and oxygen atoms in total. The largest absolute Gasteiger partial charge is 0.343 e. The van der Waals surface area contributed by atoms with Crippen LogP contribution in [0.3, 0.4) is 0 Å². The Morgan fingerprint density at radius 1 is 1.17 bits per heavy atom. The minimum Gasteiger partial charge on any atom is -0.343 e. The first kappa shape index (κ1) is 18.4. The van der Waals surface area contributed by atoms with E-state index in [0.29, 0.717) is 5.02 Å². The average molecular weight is 429 g/mol. The molecule has 0 aliphatic rings. The maximum Gasteiger partial charge on any atom is 0.259 e. The van der Waals surface area contributed by atoms with Gasteiger partial charge >= 0.3 is 0 Å². The molecule has 0 aliphatic heterocycles. The summed E-state index contributed by atoms with van der Waals surface area (Å²) in [5, 5.41) is 6.92. The number of halogens is 3. The van der Waals surface area contributed by atoms with Crippen molar-refractivity contribution in [3.8, 4) is 0 Å². The van der Waals surface area contributed by atoms with E-state index in [2.05, 4.69) is 31.8 Å². The van der Waals surface area contributed by atoms with Crippen LogP contribution >= 0.6 is 39.1 Å². The number of rotatable bonds is 5. The number of hydrazone groups is 1. The van der Waals surface area contributed by atoms with Gasteiger partial charge in [-0.05, 0) is 35.9 Å². The van der Waals surface area contributed by atoms with Crippen molar-refractivity contribution >= 4 is 57.2 Å². The Labute approximate surface area is 157 Å². The van der Waals surface area contributed by atoms with Crippen LogP contribution in [0.5, 0.6) is 0 Å². The molecule has 0 heterocycles. The van der Waals surface area contributed by atoms with E-state index in [1.54, 1.807) is 6.07 Å². The highest BCUT2D eigenvalue weighted by Crippen LogP contribution is 2.20. The van der Waals surface area contributed by atoms with Gasteiger partial charge in [-0.25, -0.2) is 5.43 Å². The zero-order chi connectivity index (χ0) is 17.5. The fraction of sp³-hybridized carbons (Fsp3) is 0.0625. The third kappa shape index (κ3) is 5.63. The lowest BCUT2D eigenvalue weighted by molar-refractivity contribution is -0.120. The molecule has 0 aromatic heterocycles. The Morgan fingerprint density at radius 2 is 1.96 bits per heavy atom. The number of carbonyl (C=O) groups is 2. The van der Waals surface area contributed by atoms with Crippen molar-refractivity contribution in [3.05, 3.63) is 68.1 Å². The first-order valence-electron chi connectivity index (χ1n) is 6.76. The molecule has 2 rings (SSSR count). The Morgan fingerprint density at radius 3 is 2.67 bits per heavy atom. The number of benzene rings is 2. The van der Waals surface area contributed by atoms with Crippen LogP contribution in [-0.4, -0.2) is 24.6 Å². The van der Waals surface area contributed by atoms with Crippen molar-refractivity contribution in [1.29, 1.82) is 0 Å². The monoisotopic (exact) mass is 427 g/mol. The van der Waals surface area contributed by atoms with E-state index < -0.39 is 11.8 Å². The Balaban J connectivity index is 1.83. The van der Waals surface area contributed by atoms with Gasteiger partial charge in [0, 0.05) is 9.50 Å². The summed E-state index contributed by atoms with van der Waals surface area (Å²) in [4.78, 5) is 23.6. The van der Waals surface area contributed by atoms with Crippen LogP contribution in [0, 0.1) is 0 Å². The highest BCUT2D eigenvalue weighted by atomic mass is 79.9. The molecule has 0 aliphatic carbocycles. The molecule has 24 heavy (non-hydrogen) atoms. The standard InChI is InChI=1S/C16H12BrCl2N3O2/c17-11-3-1-2-10(6-11)8-21-22-15(23)9-20-16(24)13-5-4-12(18)7-14(13)19/h1-8H,9H2,(H,20,24)(H,22,23)/b21-8+. The molecule has 0 saturated carbocycles. The van der Waals surface area contributed by atoms with Crippen molar-refractivity contribution in [2.75, 3.05) is 6.54 Å². The fourth-order valence-corrected chi connectivity index (χ4v) is 2.65. The molecule has 2 N–H and O–H groups in total. The molecule has 8 heteroatoms. The molecule has 2 aromatic carbocycles. The third-order valence-corrected chi connectivity index (χ3v) is 3.88. The van der Waals surface area contributed by atoms with Gasteiger partial charge in [-0.1, -0.05) is 51.3 Å². The van der Waals surface area contributed by atoms with E-state index >= 15 is 0 Å². The van der Waals surface area contributed by atoms with Gasteiger partial charge in [0.05, 0.1) is 23.3 Å². The van der Waals surface area contributed by atoms with Gasteiger partial charge < -0.3 is 5.32 Å². The normalized spacial score (nSPS) is 10.6. The van der Waals surface area contributed by atoms with Crippen LogP contribution in [0.25, 0.3) is 0 Å². The van der Waals surface area contributed by atoms with Gasteiger partial charge in [-0.2, -0.15) is 5.10 Å². The van der Waals surface area contributed by atoms with Crippen molar-refractivity contribution in [3.63, 3.8) is 0 Å². The van der Waals surface area contributed by atoms with Gasteiger partial charge in [0.1, 0.15) is 0 Å². The molecule has 0 bridgehead atoms. The molecule has 0 unspecified atom stereocenters. The van der Waals surface area contributed by atoms with Crippen molar-refractivity contribution in [2.45, 2.75) is 0 Å². The lowest BCUT2D eigenvalue weighted by Gasteiger charge is -2.06.